The van der Waals surface area contributed by atoms with Gasteiger partial charge in [0.15, 0.2) is 0 Å². The monoisotopic (exact) mass is 399 g/mol. The summed E-state index contributed by atoms with van der Waals surface area (Å²) < 4.78 is 8.15. The van der Waals surface area contributed by atoms with E-state index < -0.39 is 0 Å². The Morgan fingerprint density at radius 1 is 1.23 bits per heavy atom. The molecule has 1 aromatic heterocycles. The van der Waals surface area contributed by atoms with E-state index in [9.17, 15) is 4.79 Å². The van der Waals surface area contributed by atoms with E-state index in [-0.39, 0.29) is 11.9 Å². The molecular formula is C23H21N5O2. The molecule has 0 radical (unpaired) electrons. The Bertz CT molecular complexity index is 1150. The molecular weight excluding hydrogens is 378 g/mol. The molecule has 3 aromatic rings. The highest BCUT2D eigenvalue weighted by molar-refractivity contribution is 5.94. The van der Waals surface area contributed by atoms with E-state index in [2.05, 4.69) is 19.7 Å². The SMILES string of the molecule is [C-]#[N+]c1ccc2cc1Oc1cccc(c1)C(=O)N1CC[C@@H](C1)NCc1cncn1C2. The number of ether oxygens (including phenoxy) is 1. The molecule has 2 aromatic carbocycles. The van der Waals surface area contributed by atoms with Crippen LogP contribution in [0.1, 0.15) is 28.0 Å². The summed E-state index contributed by atoms with van der Waals surface area (Å²) >= 11 is 0. The van der Waals surface area contributed by atoms with Crippen molar-refractivity contribution in [1.82, 2.24) is 19.8 Å². The van der Waals surface area contributed by atoms with Crippen LogP contribution in [-0.2, 0) is 13.1 Å². The van der Waals surface area contributed by atoms with Crippen molar-refractivity contribution in [3.63, 3.8) is 0 Å². The lowest BCUT2D eigenvalue weighted by Gasteiger charge is -2.19. The number of hydrogen-bond donors (Lipinski definition) is 1. The van der Waals surface area contributed by atoms with Gasteiger partial charge in [-0.25, -0.2) is 9.83 Å². The first-order chi connectivity index (χ1) is 14.7. The molecule has 2 aliphatic heterocycles. The van der Waals surface area contributed by atoms with Crippen LogP contribution in [0.3, 0.4) is 0 Å². The molecule has 7 heteroatoms. The number of nitrogens with zero attached hydrogens (tertiary/aromatic N) is 4. The molecule has 150 valence electrons. The first-order valence-corrected chi connectivity index (χ1v) is 9.99. The topological polar surface area (TPSA) is 63.8 Å². The number of fused-ring (bicyclic) bond motifs is 7. The number of imidazole rings is 1. The number of carbonyl (C=O) groups excluding carboxylic acids is 1. The summed E-state index contributed by atoms with van der Waals surface area (Å²) in [6, 6.07) is 13.0. The van der Waals surface area contributed by atoms with Crippen molar-refractivity contribution in [1.29, 1.82) is 0 Å². The number of amides is 1. The molecule has 1 N–H and O–H groups in total. The van der Waals surface area contributed by atoms with Gasteiger partial charge in [0.2, 0.25) is 5.69 Å². The molecule has 1 atom stereocenters. The Kier molecular flexibility index (Phi) is 4.69. The average molecular weight is 399 g/mol. The van der Waals surface area contributed by atoms with Crippen molar-refractivity contribution in [3.8, 4) is 11.5 Å². The van der Waals surface area contributed by atoms with Gasteiger partial charge in [-0.2, -0.15) is 0 Å². The second-order valence-corrected chi connectivity index (χ2v) is 7.67. The molecule has 1 fully saturated rings. The maximum absolute atomic E-state index is 13.0. The van der Waals surface area contributed by atoms with Gasteiger partial charge in [0, 0.05) is 44.0 Å². The minimum Gasteiger partial charge on any atom is -0.468 e. The van der Waals surface area contributed by atoms with Gasteiger partial charge in [-0.3, -0.25) is 4.79 Å². The summed E-state index contributed by atoms with van der Waals surface area (Å²) in [6.45, 7) is 10.2. The number of hydrogen-bond acceptors (Lipinski definition) is 4. The fourth-order valence-corrected chi connectivity index (χ4v) is 4.03. The number of carbonyl (C=O) groups is 1. The van der Waals surface area contributed by atoms with E-state index in [0.29, 0.717) is 42.4 Å². The van der Waals surface area contributed by atoms with Gasteiger partial charge in [0.25, 0.3) is 5.91 Å². The zero-order chi connectivity index (χ0) is 20.5. The second-order valence-electron chi connectivity index (χ2n) is 7.67. The Balaban J connectivity index is 1.57. The standard InChI is InChI=1S/C23H21N5O2/c1-24-21-6-5-16-9-22(21)30-20-4-2-3-17(10-20)23(29)27-8-7-18(14-27)26-12-19-11-25-15-28(19)13-16/h2-6,9-11,15,18,26H,7-8,12-14H2/t18-/m0/s1. The van der Waals surface area contributed by atoms with Crippen molar-refractivity contribution >= 4 is 11.6 Å². The average Bonchev–Trinajstić information content (AvgIpc) is 3.41. The molecule has 30 heavy (non-hydrogen) atoms. The highest BCUT2D eigenvalue weighted by Gasteiger charge is 2.27. The van der Waals surface area contributed by atoms with E-state index in [1.807, 2.05) is 47.8 Å². The maximum atomic E-state index is 13.0. The summed E-state index contributed by atoms with van der Waals surface area (Å²) in [6.07, 6.45) is 4.60. The first-order valence-electron chi connectivity index (χ1n) is 9.99. The molecule has 3 heterocycles. The lowest BCUT2D eigenvalue weighted by atomic mass is 10.1. The quantitative estimate of drug-likeness (QED) is 0.587. The van der Waals surface area contributed by atoms with Crippen LogP contribution >= 0.6 is 0 Å². The summed E-state index contributed by atoms with van der Waals surface area (Å²) in [7, 11) is 0. The van der Waals surface area contributed by atoms with Crippen molar-refractivity contribution in [2.24, 2.45) is 0 Å². The van der Waals surface area contributed by atoms with E-state index in [1.165, 1.54) is 0 Å². The second kappa shape index (κ2) is 7.65. The van der Waals surface area contributed by atoms with Crippen LogP contribution in [0.5, 0.6) is 11.5 Å². The van der Waals surface area contributed by atoms with E-state index in [1.54, 1.807) is 12.1 Å². The zero-order valence-electron chi connectivity index (χ0n) is 16.4. The molecule has 0 unspecified atom stereocenters. The van der Waals surface area contributed by atoms with Crippen LogP contribution in [0.4, 0.5) is 5.69 Å². The largest absolute Gasteiger partial charge is 0.468 e. The highest BCUT2D eigenvalue weighted by atomic mass is 16.5. The Labute approximate surface area is 174 Å². The van der Waals surface area contributed by atoms with Gasteiger partial charge in [-0.15, -0.1) is 0 Å². The first kappa shape index (κ1) is 18.4. The Hall–Kier alpha value is -3.63. The predicted molar refractivity (Wildman–Crippen MR) is 112 cm³/mol. The van der Waals surface area contributed by atoms with Crippen molar-refractivity contribution in [2.45, 2.75) is 25.6 Å². The van der Waals surface area contributed by atoms with Gasteiger partial charge < -0.3 is 19.5 Å². The van der Waals surface area contributed by atoms with Gasteiger partial charge in [-0.1, -0.05) is 18.2 Å². The van der Waals surface area contributed by atoms with Crippen LogP contribution < -0.4 is 10.1 Å². The molecule has 0 aliphatic carbocycles. The smallest absolute Gasteiger partial charge is 0.254 e. The summed E-state index contributed by atoms with van der Waals surface area (Å²) in [5.41, 5.74) is 3.13. The Morgan fingerprint density at radius 2 is 2.17 bits per heavy atom. The van der Waals surface area contributed by atoms with E-state index in [4.69, 9.17) is 11.3 Å². The van der Waals surface area contributed by atoms with Crippen LogP contribution in [0.15, 0.2) is 55.0 Å². The minimum atomic E-state index is 0.000962. The molecule has 0 saturated carbocycles. The van der Waals surface area contributed by atoms with Gasteiger partial charge >= 0.3 is 0 Å². The molecule has 6 bridgehead atoms. The van der Waals surface area contributed by atoms with Crippen LogP contribution in [0.25, 0.3) is 4.85 Å². The fraction of sp³-hybridized carbons (Fsp3) is 0.261. The van der Waals surface area contributed by atoms with Crippen molar-refractivity contribution in [3.05, 3.63) is 83.2 Å². The van der Waals surface area contributed by atoms with Crippen molar-refractivity contribution in [2.75, 3.05) is 13.1 Å². The zero-order valence-corrected chi connectivity index (χ0v) is 16.4. The predicted octanol–water partition coefficient (Wildman–Crippen LogP) is 3.59. The normalized spacial score (nSPS) is 18.4. The summed E-state index contributed by atoms with van der Waals surface area (Å²) in [5, 5.41) is 3.57. The highest BCUT2D eigenvalue weighted by Crippen LogP contribution is 2.34. The Morgan fingerprint density at radius 3 is 3.07 bits per heavy atom. The third kappa shape index (κ3) is 3.53. The molecule has 7 nitrogen and oxygen atoms in total. The number of aromatic nitrogens is 2. The van der Waals surface area contributed by atoms with Gasteiger partial charge in [0.1, 0.15) is 11.5 Å². The van der Waals surface area contributed by atoms with Crippen LogP contribution in [0, 0.1) is 6.57 Å². The third-order valence-corrected chi connectivity index (χ3v) is 5.65. The molecule has 2 aliphatic rings. The van der Waals surface area contributed by atoms with Gasteiger partial charge in [0.05, 0.1) is 18.6 Å². The fourth-order valence-electron chi connectivity index (χ4n) is 4.03. The molecule has 0 spiro atoms. The van der Waals surface area contributed by atoms with Crippen LogP contribution in [0.2, 0.25) is 0 Å². The van der Waals surface area contributed by atoms with Crippen molar-refractivity contribution < 1.29 is 9.53 Å². The lowest BCUT2D eigenvalue weighted by molar-refractivity contribution is 0.0789. The van der Waals surface area contributed by atoms with E-state index >= 15 is 0 Å². The number of benzene rings is 2. The molecule has 1 saturated heterocycles. The lowest BCUT2D eigenvalue weighted by Crippen LogP contribution is -2.35. The summed E-state index contributed by atoms with van der Waals surface area (Å²) in [5.74, 6) is 1.04. The number of rotatable bonds is 0. The minimum absolute atomic E-state index is 0.000962. The molecule has 5 rings (SSSR count). The number of nitrogens with one attached hydrogen (secondary N) is 1. The summed E-state index contributed by atoms with van der Waals surface area (Å²) in [4.78, 5) is 22.8. The molecule has 1 amide bonds. The maximum Gasteiger partial charge on any atom is 0.254 e. The van der Waals surface area contributed by atoms with E-state index in [0.717, 1.165) is 24.2 Å². The third-order valence-electron chi connectivity index (χ3n) is 5.65. The van der Waals surface area contributed by atoms with Gasteiger partial charge in [-0.05, 0) is 36.2 Å². The van der Waals surface area contributed by atoms with Crippen LogP contribution in [-0.4, -0.2) is 39.5 Å².